The Bertz CT molecular complexity index is 448. The highest BCUT2D eigenvalue weighted by Crippen LogP contribution is 2.22. The summed E-state index contributed by atoms with van der Waals surface area (Å²) in [7, 11) is 2.21. The lowest BCUT2D eigenvalue weighted by Gasteiger charge is -2.31. The van der Waals surface area contributed by atoms with Crippen LogP contribution in [0.5, 0.6) is 0 Å². The summed E-state index contributed by atoms with van der Waals surface area (Å²) in [6.45, 7) is 10.7. The highest BCUT2D eigenvalue weighted by molar-refractivity contribution is 5.50. The molecule has 0 aliphatic carbocycles. The Balaban J connectivity index is 2.23. The fraction of sp³-hybridized carbons (Fsp3) is 0.750. The molecule has 1 aromatic heterocycles. The van der Waals surface area contributed by atoms with Crippen molar-refractivity contribution >= 4 is 11.6 Å². The van der Waals surface area contributed by atoms with E-state index in [9.17, 15) is 0 Å². The van der Waals surface area contributed by atoms with Crippen molar-refractivity contribution in [1.82, 2.24) is 14.9 Å². The molecule has 1 aliphatic rings. The van der Waals surface area contributed by atoms with Gasteiger partial charge in [-0.25, -0.2) is 9.97 Å². The minimum absolute atomic E-state index is 0.533. The molecule has 1 unspecified atom stereocenters. The minimum atomic E-state index is 0.533. The summed E-state index contributed by atoms with van der Waals surface area (Å²) < 4.78 is 0. The fourth-order valence-electron chi connectivity index (χ4n) is 2.94. The number of aryl methyl sites for hydroxylation is 1. The van der Waals surface area contributed by atoms with Crippen LogP contribution in [0.1, 0.15) is 38.9 Å². The van der Waals surface area contributed by atoms with Gasteiger partial charge in [0.25, 0.3) is 0 Å². The maximum Gasteiger partial charge on any atom is 0.134 e. The standard InChI is InChI=1S/C16H29N5/c1-5-8-17-15-11-16(19-13(3)18-15)21-10-7-9-20(4)12-14(21)6-2/h11,14H,5-10,12H2,1-4H3,(H,17,18,19). The van der Waals surface area contributed by atoms with Crippen LogP contribution in [-0.4, -0.2) is 54.1 Å². The number of likely N-dealkylation sites (N-methyl/N-ethyl adjacent to an activating group) is 1. The highest BCUT2D eigenvalue weighted by atomic mass is 15.3. The molecule has 0 saturated carbocycles. The Kier molecular flexibility index (Phi) is 5.79. The second-order valence-electron chi connectivity index (χ2n) is 5.96. The van der Waals surface area contributed by atoms with Crippen molar-refractivity contribution in [3.63, 3.8) is 0 Å². The first-order chi connectivity index (χ1) is 10.1. The van der Waals surface area contributed by atoms with Gasteiger partial charge < -0.3 is 15.1 Å². The van der Waals surface area contributed by atoms with Crippen LogP contribution in [0.4, 0.5) is 11.6 Å². The van der Waals surface area contributed by atoms with Crippen molar-refractivity contribution in [3.05, 3.63) is 11.9 Å². The molecule has 1 aliphatic heterocycles. The maximum absolute atomic E-state index is 4.69. The van der Waals surface area contributed by atoms with Crippen molar-refractivity contribution in [2.24, 2.45) is 0 Å². The van der Waals surface area contributed by atoms with E-state index in [1.165, 1.54) is 6.42 Å². The highest BCUT2D eigenvalue weighted by Gasteiger charge is 2.23. The molecule has 0 amide bonds. The lowest BCUT2D eigenvalue weighted by atomic mass is 10.2. The van der Waals surface area contributed by atoms with Gasteiger partial charge in [-0.3, -0.25) is 0 Å². The summed E-state index contributed by atoms with van der Waals surface area (Å²) >= 11 is 0. The van der Waals surface area contributed by atoms with Crippen molar-refractivity contribution in [1.29, 1.82) is 0 Å². The predicted molar refractivity (Wildman–Crippen MR) is 89.1 cm³/mol. The van der Waals surface area contributed by atoms with E-state index in [-0.39, 0.29) is 0 Å². The van der Waals surface area contributed by atoms with Gasteiger partial charge in [-0.2, -0.15) is 0 Å². The van der Waals surface area contributed by atoms with Crippen LogP contribution < -0.4 is 10.2 Å². The average Bonchev–Trinajstić information content (AvgIpc) is 2.65. The molecular formula is C16H29N5. The minimum Gasteiger partial charge on any atom is -0.370 e. The molecule has 1 atom stereocenters. The van der Waals surface area contributed by atoms with Gasteiger partial charge >= 0.3 is 0 Å². The van der Waals surface area contributed by atoms with Crippen LogP contribution in [0.25, 0.3) is 0 Å². The second-order valence-corrected chi connectivity index (χ2v) is 5.96. The Hall–Kier alpha value is -1.36. The maximum atomic E-state index is 4.69. The summed E-state index contributed by atoms with van der Waals surface area (Å²) in [5.41, 5.74) is 0. The molecule has 2 heterocycles. The van der Waals surface area contributed by atoms with Gasteiger partial charge in [0.2, 0.25) is 0 Å². The summed E-state index contributed by atoms with van der Waals surface area (Å²) in [6, 6.07) is 2.64. The van der Waals surface area contributed by atoms with E-state index in [0.717, 1.165) is 56.5 Å². The first kappa shape index (κ1) is 16.0. The smallest absolute Gasteiger partial charge is 0.134 e. The quantitative estimate of drug-likeness (QED) is 0.903. The first-order valence-corrected chi connectivity index (χ1v) is 8.18. The Morgan fingerprint density at radius 1 is 1.29 bits per heavy atom. The first-order valence-electron chi connectivity index (χ1n) is 8.18. The third-order valence-corrected chi connectivity index (χ3v) is 4.05. The van der Waals surface area contributed by atoms with E-state index in [4.69, 9.17) is 0 Å². The van der Waals surface area contributed by atoms with Gasteiger partial charge in [0, 0.05) is 31.7 Å². The zero-order valence-electron chi connectivity index (χ0n) is 13.9. The third kappa shape index (κ3) is 4.30. The molecule has 1 aromatic rings. The summed E-state index contributed by atoms with van der Waals surface area (Å²) in [5, 5.41) is 3.38. The number of hydrogen-bond donors (Lipinski definition) is 1. The Labute approximate surface area is 128 Å². The van der Waals surface area contributed by atoms with E-state index in [0.29, 0.717) is 6.04 Å². The Morgan fingerprint density at radius 2 is 2.10 bits per heavy atom. The van der Waals surface area contributed by atoms with Gasteiger partial charge in [-0.1, -0.05) is 13.8 Å². The summed E-state index contributed by atoms with van der Waals surface area (Å²) in [5.74, 6) is 2.87. The monoisotopic (exact) mass is 291 g/mol. The Morgan fingerprint density at radius 3 is 2.81 bits per heavy atom. The molecule has 5 nitrogen and oxygen atoms in total. The molecule has 1 N–H and O–H groups in total. The molecule has 118 valence electrons. The fourth-order valence-corrected chi connectivity index (χ4v) is 2.94. The normalized spacial score (nSPS) is 20.4. The molecule has 0 aromatic carbocycles. The van der Waals surface area contributed by atoms with Crippen LogP contribution in [-0.2, 0) is 0 Å². The number of nitrogens with zero attached hydrogens (tertiary/aromatic N) is 4. The van der Waals surface area contributed by atoms with Crippen LogP contribution in [0.2, 0.25) is 0 Å². The lowest BCUT2D eigenvalue weighted by Crippen LogP contribution is -2.40. The SMILES string of the molecule is CCCNc1cc(N2CCCN(C)CC2CC)nc(C)n1. The topological polar surface area (TPSA) is 44.3 Å². The van der Waals surface area contributed by atoms with E-state index in [2.05, 4.69) is 52.0 Å². The molecule has 1 fully saturated rings. The van der Waals surface area contributed by atoms with E-state index >= 15 is 0 Å². The number of anilines is 2. The molecule has 0 radical (unpaired) electrons. The largest absolute Gasteiger partial charge is 0.370 e. The van der Waals surface area contributed by atoms with Crippen LogP contribution in [0, 0.1) is 6.92 Å². The van der Waals surface area contributed by atoms with E-state index in [1.807, 2.05) is 6.92 Å². The average molecular weight is 291 g/mol. The molecule has 0 bridgehead atoms. The predicted octanol–water partition coefficient (Wildman–Crippen LogP) is 2.53. The summed E-state index contributed by atoms with van der Waals surface area (Å²) in [4.78, 5) is 14.1. The van der Waals surface area contributed by atoms with Crippen molar-refractivity contribution in [3.8, 4) is 0 Å². The second kappa shape index (κ2) is 7.59. The van der Waals surface area contributed by atoms with Crippen molar-refractivity contribution in [2.45, 2.75) is 46.1 Å². The zero-order chi connectivity index (χ0) is 15.2. The molecule has 2 rings (SSSR count). The van der Waals surface area contributed by atoms with Gasteiger partial charge in [0.15, 0.2) is 0 Å². The molecule has 0 spiro atoms. The van der Waals surface area contributed by atoms with Crippen molar-refractivity contribution < 1.29 is 0 Å². The van der Waals surface area contributed by atoms with Gasteiger partial charge in [0.1, 0.15) is 17.5 Å². The number of aromatic nitrogens is 2. The molecule has 1 saturated heterocycles. The van der Waals surface area contributed by atoms with E-state index < -0.39 is 0 Å². The molecule has 21 heavy (non-hydrogen) atoms. The number of rotatable bonds is 5. The van der Waals surface area contributed by atoms with Gasteiger partial charge in [0.05, 0.1) is 0 Å². The van der Waals surface area contributed by atoms with Crippen LogP contribution >= 0.6 is 0 Å². The lowest BCUT2D eigenvalue weighted by molar-refractivity contribution is 0.327. The number of nitrogens with one attached hydrogen (secondary N) is 1. The van der Waals surface area contributed by atoms with E-state index in [1.54, 1.807) is 0 Å². The number of hydrogen-bond acceptors (Lipinski definition) is 5. The van der Waals surface area contributed by atoms with Crippen LogP contribution in [0.3, 0.4) is 0 Å². The van der Waals surface area contributed by atoms with Gasteiger partial charge in [-0.15, -0.1) is 0 Å². The van der Waals surface area contributed by atoms with Crippen molar-refractivity contribution in [2.75, 3.05) is 43.4 Å². The van der Waals surface area contributed by atoms with Crippen LogP contribution in [0.15, 0.2) is 6.07 Å². The molecular weight excluding hydrogens is 262 g/mol. The summed E-state index contributed by atoms with van der Waals surface area (Å²) in [6.07, 6.45) is 3.43. The zero-order valence-corrected chi connectivity index (χ0v) is 13.9. The molecule has 5 heteroatoms. The van der Waals surface area contributed by atoms with Gasteiger partial charge in [-0.05, 0) is 39.8 Å². The third-order valence-electron chi connectivity index (χ3n) is 4.05.